The molecule has 1 aliphatic rings. The van der Waals surface area contributed by atoms with Crippen molar-refractivity contribution >= 4 is 5.84 Å². The molecule has 3 N–H and O–H groups in total. The average molecular weight is 242 g/mol. The molecule has 0 amide bonds. The van der Waals surface area contributed by atoms with Crippen LogP contribution in [0.15, 0.2) is 5.16 Å². The highest BCUT2D eigenvalue weighted by atomic mass is 16.4. The van der Waals surface area contributed by atoms with Crippen LogP contribution in [0.3, 0.4) is 0 Å². The third-order valence-corrected chi connectivity index (χ3v) is 3.54. The molecular formula is C12H26N4O. The van der Waals surface area contributed by atoms with E-state index in [1.165, 1.54) is 13.1 Å². The summed E-state index contributed by atoms with van der Waals surface area (Å²) in [4.78, 5) is 5.04. The van der Waals surface area contributed by atoms with Crippen LogP contribution in [-0.4, -0.2) is 59.6 Å². The number of likely N-dealkylation sites (N-methyl/N-ethyl adjacent to an activating group) is 1. The van der Waals surface area contributed by atoms with Crippen molar-refractivity contribution in [3.63, 3.8) is 0 Å². The van der Waals surface area contributed by atoms with Gasteiger partial charge in [-0.25, -0.2) is 0 Å². The fourth-order valence-electron chi connectivity index (χ4n) is 2.44. The van der Waals surface area contributed by atoms with Crippen LogP contribution in [0.2, 0.25) is 0 Å². The first-order valence-electron chi connectivity index (χ1n) is 6.60. The Balaban J connectivity index is 2.13. The summed E-state index contributed by atoms with van der Waals surface area (Å²) in [6.07, 6.45) is 2.81. The molecule has 1 atom stereocenters. The second-order valence-corrected chi connectivity index (χ2v) is 4.83. The van der Waals surface area contributed by atoms with Crippen molar-refractivity contribution in [2.24, 2.45) is 10.9 Å². The van der Waals surface area contributed by atoms with E-state index in [-0.39, 0.29) is 0 Å². The van der Waals surface area contributed by atoms with E-state index in [2.05, 4.69) is 28.8 Å². The van der Waals surface area contributed by atoms with Gasteiger partial charge in [-0.1, -0.05) is 12.1 Å². The smallest absolute Gasteiger partial charge is 0.139 e. The van der Waals surface area contributed by atoms with Gasteiger partial charge in [-0.15, -0.1) is 0 Å². The van der Waals surface area contributed by atoms with Crippen LogP contribution in [0.4, 0.5) is 0 Å². The third kappa shape index (κ3) is 4.91. The Morgan fingerprint density at radius 2 is 2.18 bits per heavy atom. The van der Waals surface area contributed by atoms with E-state index in [0.717, 1.165) is 32.5 Å². The van der Waals surface area contributed by atoms with E-state index in [1.807, 2.05) is 0 Å². The lowest BCUT2D eigenvalue weighted by Crippen LogP contribution is -2.51. The number of hydrogen-bond donors (Lipinski definition) is 2. The summed E-state index contributed by atoms with van der Waals surface area (Å²) in [7, 11) is 0. The molecule has 1 rings (SSSR count). The fraction of sp³-hybridized carbons (Fsp3) is 0.917. The van der Waals surface area contributed by atoms with Gasteiger partial charge in [0.05, 0.1) is 0 Å². The zero-order valence-electron chi connectivity index (χ0n) is 11.1. The zero-order chi connectivity index (χ0) is 12.7. The summed E-state index contributed by atoms with van der Waals surface area (Å²) >= 11 is 0. The minimum absolute atomic E-state index is 0.342. The third-order valence-electron chi connectivity index (χ3n) is 3.54. The topological polar surface area (TPSA) is 65.1 Å². The summed E-state index contributed by atoms with van der Waals surface area (Å²) in [5.41, 5.74) is 5.43. The Morgan fingerprint density at radius 1 is 1.41 bits per heavy atom. The van der Waals surface area contributed by atoms with Crippen LogP contribution in [-0.2, 0) is 0 Å². The lowest BCUT2D eigenvalue weighted by Gasteiger charge is -2.39. The summed E-state index contributed by atoms with van der Waals surface area (Å²) < 4.78 is 0. The minimum atomic E-state index is 0.342. The van der Waals surface area contributed by atoms with Gasteiger partial charge in [-0.2, -0.15) is 0 Å². The highest BCUT2D eigenvalue weighted by Crippen LogP contribution is 2.10. The van der Waals surface area contributed by atoms with Crippen LogP contribution >= 0.6 is 0 Å². The van der Waals surface area contributed by atoms with Gasteiger partial charge in [-0.3, -0.25) is 4.90 Å². The molecule has 0 aromatic heterocycles. The maximum atomic E-state index is 8.42. The Morgan fingerprint density at radius 3 is 2.76 bits per heavy atom. The quantitative estimate of drug-likeness (QED) is 0.239. The molecule has 0 spiro atoms. The fourth-order valence-corrected chi connectivity index (χ4v) is 2.44. The normalized spacial score (nSPS) is 24.1. The molecular weight excluding hydrogens is 216 g/mol. The molecule has 1 fully saturated rings. The van der Waals surface area contributed by atoms with Crippen molar-refractivity contribution in [2.45, 2.75) is 39.2 Å². The van der Waals surface area contributed by atoms with Crippen molar-refractivity contribution in [2.75, 3.05) is 32.7 Å². The molecule has 0 saturated carbocycles. The molecule has 0 bridgehead atoms. The number of rotatable bonds is 6. The number of oxime groups is 1. The Labute approximate surface area is 104 Å². The highest BCUT2D eigenvalue weighted by Gasteiger charge is 2.21. The number of piperazine rings is 1. The summed E-state index contributed by atoms with van der Waals surface area (Å²) in [5.74, 6) is 0.342. The predicted octanol–water partition coefficient (Wildman–Crippen LogP) is 0.929. The van der Waals surface area contributed by atoms with Gasteiger partial charge in [0.1, 0.15) is 5.84 Å². The molecule has 5 heteroatoms. The second-order valence-electron chi connectivity index (χ2n) is 4.83. The molecule has 0 aromatic carbocycles. The molecule has 100 valence electrons. The number of nitrogens with zero attached hydrogens (tertiary/aromatic N) is 3. The zero-order valence-corrected chi connectivity index (χ0v) is 11.1. The Bertz CT molecular complexity index is 245. The van der Waals surface area contributed by atoms with Gasteiger partial charge < -0.3 is 15.8 Å². The lowest BCUT2D eigenvalue weighted by molar-refractivity contribution is 0.0871. The number of amidine groups is 1. The van der Waals surface area contributed by atoms with Crippen molar-refractivity contribution in [3.8, 4) is 0 Å². The van der Waals surface area contributed by atoms with E-state index in [1.54, 1.807) is 0 Å². The van der Waals surface area contributed by atoms with Gasteiger partial charge in [0.15, 0.2) is 0 Å². The van der Waals surface area contributed by atoms with Crippen LogP contribution < -0.4 is 5.73 Å². The number of unbranched alkanes of at least 4 members (excludes halogenated alkanes) is 1. The number of nitrogens with two attached hydrogens (primary N) is 1. The van der Waals surface area contributed by atoms with Gasteiger partial charge in [-0.05, 0) is 32.9 Å². The largest absolute Gasteiger partial charge is 0.409 e. The maximum Gasteiger partial charge on any atom is 0.139 e. The molecule has 0 aliphatic carbocycles. The van der Waals surface area contributed by atoms with Crippen LogP contribution in [0.25, 0.3) is 0 Å². The van der Waals surface area contributed by atoms with Crippen LogP contribution in [0, 0.1) is 0 Å². The molecule has 1 saturated heterocycles. The second kappa shape index (κ2) is 7.50. The first-order chi connectivity index (χ1) is 8.17. The van der Waals surface area contributed by atoms with Crippen molar-refractivity contribution < 1.29 is 5.21 Å². The lowest BCUT2D eigenvalue weighted by atomic mass is 10.1. The first kappa shape index (κ1) is 14.3. The molecule has 1 heterocycles. The van der Waals surface area contributed by atoms with E-state index in [0.29, 0.717) is 18.3 Å². The van der Waals surface area contributed by atoms with Crippen molar-refractivity contribution in [1.82, 2.24) is 9.80 Å². The first-order valence-corrected chi connectivity index (χ1v) is 6.60. The monoisotopic (exact) mass is 242 g/mol. The minimum Gasteiger partial charge on any atom is -0.409 e. The molecule has 1 unspecified atom stereocenters. The molecule has 5 nitrogen and oxygen atoms in total. The highest BCUT2D eigenvalue weighted by molar-refractivity contribution is 5.79. The predicted molar refractivity (Wildman–Crippen MR) is 70.4 cm³/mol. The van der Waals surface area contributed by atoms with Gasteiger partial charge in [0.2, 0.25) is 0 Å². The van der Waals surface area contributed by atoms with E-state index in [9.17, 15) is 0 Å². The van der Waals surface area contributed by atoms with Crippen molar-refractivity contribution in [3.05, 3.63) is 0 Å². The van der Waals surface area contributed by atoms with Gasteiger partial charge >= 0.3 is 0 Å². The van der Waals surface area contributed by atoms with Crippen molar-refractivity contribution in [1.29, 1.82) is 0 Å². The van der Waals surface area contributed by atoms with Gasteiger partial charge in [0, 0.05) is 32.1 Å². The standard InChI is InChI=1S/C12H26N4O/c1-3-16-9-8-15(10-11(16)2)7-5-4-6-12(13)14-17/h11,17H,3-10H2,1-2H3,(H2,13,14). The maximum absolute atomic E-state index is 8.42. The summed E-state index contributed by atoms with van der Waals surface area (Å²) in [6, 6.07) is 0.665. The van der Waals surface area contributed by atoms with Crippen LogP contribution in [0.5, 0.6) is 0 Å². The van der Waals surface area contributed by atoms with E-state index < -0.39 is 0 Å². The van der Waals surface area contributed by atoms with E-state index in [4.69, 9.17) is 10.9 Å². The van der Waals surface area contributed by atoms with E-state index >= 15 is 0 Å². The van der Waals surface area contributed by atoms with Crippen LogP contribution in [0.1, 0.15) is 33.1 Å². The molecule has 0 radical (unpaired) electrons. The molecule has 0 aromatic rings. The van der Waals surface area contributed by atoms with Gasteiger partial charge in [0.25, 0.3) is 0 Å². The molecule has 1 aliphatic heterocycles. The SMILES string of the molecule is CCN1CCN(CCCCC(N)=NO)CC1C. The Hall–Kier alpha value is -0.810. The molecule has 17 heavy (non-hydrogen) atoms. The number of hydrogen-bond acceptors (Lipinski definition) is 4. The Kier molecular flexibility index (Phi) is 6.29. The summed E-state index contributed by atoms with van der Waals surface area (Å²) in [6.45, 7) is 10.3. The summed E-state index contributed by atoms with van der Waals surface area (Å²) in [5, 5.41) is 11.4. The average Bonchev–Trinajstić information content (AvgIpc) is 2.34.